The molecule has 2 fully saturated rings. The summed E-state index contributed by atoms with van der Waals surface area (Å²) < 4.78 is 40.2. The molecular formula is C31H37N5O6S. The molecule has 2 aliphatic rings. The van der Waals surface area contributed by atoms with Crippen LogP contribution in [0.3, 0.4) is 0 Å². The van der Waals surface area contributed by atoms with Gasteiger partial charge in [-0.25, -0.2) is 8.42 Å². The Bertz CT molecular complexity index is 1640. The lowest BCUT2D eigenvalue weighted by molar-refractivity contribution is -0.144. The highest BCUT2D eigenvalue weighted by atomic mass is 32.2. The number of hydrogen-bond donors (Lipinski definition) is 3. The van der Waals surface area contributed by atoms with Crippen LogP contribution in [-0.2, 0) is 26.0 Å². The number of benzene rings is 3. The van der Waals surface area contributed by atoms with Crippen LogP contribution in [0, 0.1) is 5.41 Å². The molecule has 12 heteroatoms. The normalized spacial score (nSPS) is 18.1. The van der Waals surface area contributed by atoms with Crippen molar-refractivity contribution < 1.29 is 27.5 Å². The summed E-state index contributed by atoms with van der Waals surface area (Å²) in [7, 11) is -1.02. The number of likely N-dealkylation sites (tertiary alicyclic amines) is 2. The summed E-state index contributed by atoms with van der Waals surface area (Å²) in [6.45, 7) is 1.52. The van der Waals surface area contributed by atoms with Gasteiger partial charge < -0.3 is 25.0 Å². The Hall–Kier alpha value is -4.16. The molecule has 3 aromatic carbocycles. The number of piperidine rings is 1. The van der Waals surface area contributed by atoms with Gasteiger partial charge in [0, 0.05) is 31.6 Å². The smallest absolute Gasteiger partial charge is 0.245 e. The van der Waals surface area contributed by atoms with E-state index in [4.69, 9.17) is 20.6 Å². The van der Waals surface area contributed by atoms with Crippen molar-refractivity contribution in [3.63, 3.8) is 0 Å². The van der Waals surface area contributed by atoms with E-state index in [0.717, 1.165) is 30.2 Å². The van der Waals surface area contributed by atoms with Crippen LogP contribution in [0.4, 0.5) is 0 Å². The number of carbonyl (C=O) groups excluding carboxylic acids is 2. The van der Waals surface area contributed by atoms with Crippen LogP contribution in [-0.4, -0.2) is 81.8 Å². The molecule has 5 rings (SSSR count). The number of methoxy groups -OCH3 is 2. The van der Waals surface area contributed by atoms with Gasteiger partial charge in [0.2, 0.25) is 21.8 Å². The molecular weight excluding hydrogens is 570 g/mol. The highest BCUT2D eigenvalue weighted by molar-refractivity contribution is 7.89. The lowest BCUT2D eigenvalue weighted by atomic mass is 10.0. The van der Waals surface area contributed by atoms with Gasteiger partial charge in [-0.05, 0) is 66.3 Å². The first-order chi connectivity index (χ1) is 20.6. The van der Waals surface area contributed by atoms with E-state index in [1.54, 1.807) is 47.4 Å². The summed E-state index contributed by atoms with van der Waals surface area (Å²) >= 11 is 0. The number of nitrogens with two attached hydrogens (primary N) is 1. The number of fused-ring (bicyclic) bond motifs is 1. The molecule has 2 aliphatic heterocycles. The third kappa shape index (κ3) is 6.45. The van der Waals surface area contributed by atoms with E-state index >= 15 is 0 Å². The number of carbonyl (C=O) groups is 2. The van der Waals surface area contributed by atoms with E-state index in [1.165, 1.54) is 31.3 Å². The van der Waals surface area contributed by atoms with Crippen molar-refractivity contribution in [2.75, 3.05) is 33.9 Å². The van der Waals surface area contributed by atoms with Crippen LogP contribution >= 0.6 is 0 Å². The molecule has 0 bridgehead atoms. The summed E-state index contributed by atoms with van der Waals surface area (Å²) in [6.07, 6.45) is 3.39. The SMILES string of the molecule is COc1cc2ccc(S(=O)(=O)N[C@H]3CCN([C@@H](Cc4ccc(C(=N)N)cc4)C(=O)N4CCCCC4)C3=O)cc2cc1OC. The standard InChI is InChI=1S/C31H37N5O6S/c1-41-27-18-22-10-11-24(17-23(22)19-28(27)42-2)43(39,40)34-25-12-15-36(30(25)37)26(31(38)35-13-4-3-5-14-35)16-20-6-8-21(9-7-20)29(32)33/h6-11,17-19,25-26,34H,3-5,12-16H2,1-2H3,(H3,32,33)/t25-,26-/m0/s1. The molecule has 11 nitrogen and oxygen atoms in total. The van der Waals surface area contributed by atoms with Crippen molar-refractivity contribution in [1.82, 2.24) is 14.5 Å². The molecule has 0 radical (unpaired) electrons. The zero-order chi connectivity index (χ0) is 30.7. The Morgan fingerprint density at radius 2 is 1.63 bits per heavy atom. The van der Waals surface area contributed by atoms with Gasteiger partial charge in [-0.2, -0.15) is 4.72 Å². The zero-order valence-corrected chi connectivity index (χ0v) is 25.2. The number of rotatable bonds is 10. The van der Waals surface area contributed by atoms with Crippen LogP contribution in [0.15, 0.2) is 59.5 Å². The van der Waals surface area contributed by atoms with Crippen molar-refractivity contribution in [3.8, 4) is 11.5 Å². The van der Waals surface area contributed by atoms with Crippen LogP contribution in [0.2, 0.25) is 0 Å². The molecule has 2 saturated heterocycles. The first-order valence-corrected chi connectivity index (χ1v) is 15.8. The number of amidine groups is 1. The molecule has 0 unspecified atom stereocenters. The predicted octanol–water partition coefficient (Wildman–Crippen LogP) is 2.64. The summed E-state index contributed by atoms with van der Waals surface area (Å²) in [4.78, 5) is 30.8. The Balaban J connectivity index is 1.37. The minimum atomic E-state index is -4.06. The van der Waals surface area contributed by atoms with E-state index in [0.29, 0.717) is 35.5 Å². The summed E-state index contributed by atoms with van der Waals surface area (Å²) in [6, 6.07) is 13.4. The molecule has 2 heterocycles. The van der Waals surface area contributed by atoms with Crippen molar-refractivity contribution in [2.24, 2.45) is 5.73 Å². The quantitative estimate of drug-likeness (QED) is 0.236. The highest BCUT2D eigenvalue weighted by Gasteiger charge is 2.42. The van der Waals surface area contributed by atoms with Gasteiger partial charge in [0.25, 0.3) is 0 Å². The van der Waals surface area contributed by atoms with Crippen LogP contribution in [0.25, 0.3) is 10.8 Å². The summed E-state index contributed by atoms with van der Waals surface area (Å²) in [5.41, 5.74) is 6.98. The monoisotopic (exact) mass is 607 g/mol. The Morgan fingerprint density at radius 3 is 2.26 bits per heavy atom. The molecule has 0 aromatic heterocycles. The van der Waals surface area contributed by atoms with E-state index in [9.17, 15) is 18.0 Å². The minimum Gasteiger partial charge on any atom is -0.493 e. The van der Waals surface area contributed by atoms with Gasteiger partial charge >= 0.3 is 0 Å². The van der Waals surface area contributed by atoms with E-state index < -0.39 is 28.0 Å². The number of hydrogen-bond acceptors (Lipinski definition) is 7. The molecule has 3 aromatic rings. The predicted molar refractivity (Wildman–Crippen MR) is 163 cm³/mol. The molecule has 2 amide bonds. The van der Waals surface area contributed by atoms with E-state index in [-0.39, 0.29) is 36.0 Å². The van der Waals surface area contributed by atoms with Gasteiger partial charge in [0.1, 0.15) is 17.9 Å². The van der Waals surface area contributed by atoms with Crippen molar-refractivity contribution in [2.45, 2.75) is 49.1 Å². The fourth-order valence-electron chi connectivity index (χ4n) is 5.80. The fourth-order valence-corrected chi connectivity index (χ4v) is 7.05. The first kappa shape index (κ1) is 30.3. The number of sulfonamides is 1. The topological polar surface area (TPSA) is 155 Å². The van der Waals surface area contributed by atoms with Gasteiger partial charge in [-0.3, -0.25) is 15.0 Å². The number of nitrogens with zero attached hydrogens (tertiary/aromatic N) is 2. The van der Waals surface area contributed by atoms with Crippen molar-refractivity contribution in [3.05, 3.63) is 65.7 Å². The second-order valence-corrected chi connectivity index (χ2v) is 12.6. The lowest BCUT2D eigenvalue weighted by Crippen LogP contribution is -2.53. The molecule has 2 atom stereocenters. The van der Waals surface area contributed by atoms with Gasteiger partial charge in [-0.1, -0.05) is 30.3 Å². The number of nitrogens with one attached hydrogen (secondary N) is 2. The third-order valence-corrected chi connectivity index (χ3v) is 9.65. The van der Waals surface area contributed by atoms with Gasteiger partial charge in [0.05, 0.1) is 19.1 Å². The molecule has 0 spiro atoms. The van der Waals surface area contributed by atoms with Crippen molar-refractivity contribution in [1.29, 1.82) is 5.41 Å². The van der Waals surface area contributed by atoms with Crippen LogP contribution in [0.5, 0.6) is 11.5 Å². The van der Waals surface area contributed by atoms with Crippen LogP contribution < -0.4 is 19.9 Å². The fraction of sp³-hybridized carbons (Fsp3) is 0.387. The number of ether oxygens (including phenoxy) is 2. The Labute approximate surface area is 251 Å². The highest BCUT2D eigenvalue weighted by Crippen LogP contribution is 2.33. The molecule has 43 heavy (non-hydrogen) atoms. The maximum atomic E-state index is 13.8. The first-order valence-electron chi connectivity index (χ1n) is 14.3. The number of nitrogen functional groups attached to an aromatic ring is 1. The average molecular weight is 608 g/mol. The molecule has 4 N–H and O–H groups in total. The van der Waals surface area contributed by atoms with Gasteiger partial charge in [0.15, 0.2) is 11.5 Å². The molecule has 0 saturated carbocycles. The minimum absolute atomic E-state index is 0.0185. The van der Waals surface area contributed by atoms with E-state index in [1.807, 2.05) is 0 Å². The van der Waals surface area contributed by atoms with E-state index in [2.05, 4.69) is 4.72 Å². The second-order valence-electron chi connectivity index (χ2n) is 10.9. The largest absolute Gasteiger partial charge is 0.493 e. The third-order valence-electron chi connectivity index (χ3n) is 8.18. The van der Waals surface area contributed by atoms with Crippen molar-refractivity contribution >= 4 is 38.4 Å². The van der Waals surface area contributed by atoms with Crippen LogP contribution in [0.1, 0.15) is 36.8 Å². The van der Waals surface area contributed by atoms with Gasteiger partial charge in [-0.15, -0.1) is 0 Å². The zero-order valence-electron chi connectivity index (χ0n) is 24.3. The molecule has 228 valence electrons. The summed E-state index contributed by atoms with van der Waals surface area (Å²) in [5.74, 6) is 0.392. The average Bonchev–Trinajstić information content (AvgIpc) is 3.37. The maximum Gasteiger partial charge on any atom is 0.245 e. The lowest BCUT2D eigenvalue weighted by Gasteiger charge is -2.34. The Morgan fingerprint density at radius 1 is 0.977 bits per heavy atom. The Kier molecular flexibility index (Phi) is 8.88. The maximum absolute atomic E-state index is 13.8. The number of amides is 2. The molecule has 0 aliphatic carbocycles. The summed E-state index contributed by atoms with van der Waals surface area (Å²) in [5, 5.41) is 9.05. The second kappa shape index (κ2) is 12.6.